The van der Waals surface area contributed by atoms with Crippen LogP contribution in [0.2, 0.25) is 0 Å². The van der Waals surface area contributed by atoms with Crippen LogP contribution in [0, 0.1) is 10.1 Å². The zero-order valence-electron chi connectivity index (χ0n) is 14.2. The lowest BCUT2D eigenvalue weighted by Gasteiger charge is -2.36. The van der Waals surface area contributed by atoms with E-state index < -0.39 is 14.9 Å². The Morgan fingerprint density at radius 3 is 2.38 bits per heavy atom. The van der Waals surface area contributed by atoms with E-state index in [0.717, 1.165) is 6.07 Å². The van der Waals surface area contributed by atoms with Gasteiger partial charge in [-0.2, -0.15) is 0 Å². The van der Waals surface area contributed by atoms with Gasteiger partial charge in [-0.1, -0.05) is 0 Å². The molecule has 1 fully saturated rings. The van der Waals surface area contributed by atoms with E-state index in [9.17, 15) is 18.5 Å². The van der Waals surface area contributed by atoms with Crippen molar-refractivity contribution in [2.75, 3.05) is 18.0 Å². The zero-order valence-corrected chi connectivity index (χ0v) is 15.0. The number of nitrogens with one attached hydrogen (secondary N) is 1. The summed E-state index contributed by atoms with van der Waals surface area (Å²) in [6.45, 7) is 8.22. The van der Waals surface area contributed by atoms with Crippen molar-refractivity contribution in [1.29, 1.82) is 0 Å². The highest BCUT2D eigenvalue weighted by Crippen LogP contribution is 2.32. The number of sulfonamides is 1. The molecular weight excluding hydrogens is 334 g/mol. The number of rotatable bonds is 5. The predicted molar refractivity (Wildman–Crippen MR) is 90.8 cm³/mol. The van der Waals surface area contributed by atoms with Gasteiger partial charge in [-0.25, -0.2) is 13.1 Å². The van der Waals surface area contributed by atoms with Crippen LogP contribution in [-0.4, -0.2) is 44.7 Å². The highest BCUT2D eigenvalue weighted by atomic mass is 32.2. The number of morpholine rings is 1. The van der Waals surface area contributed by atoms with E-state index in [2.05, 4.69) is 4.72 Å². The number of hydrogen-bond donors (Lipinski definition) is 1. The van der Waals surface area contributed by atoms with Crippen molar-refractivity contribution in [1.82, 2.24) is 4.72 Å². The van der Waals surface area contributed by atoms with E-state index in [1.807, 2.05) is 18.7 Å². The zero-order chi connectivity index (χ0) is 18.1. The summed E-state index contributed by atoms with van der Waals surface area (Å²) in [7, 11) is -3.78. The van der Waals surface area contributed by atoms with Gasteiger partial charge in [0.05, 0.1) is 22.0 Å². The molecule has 1 heterocycles. The van der Waals surface area contributed by atoms with Crippen LogP contribution >= 0.6 is 0 Å². The number of nitro benzene ring substituents is 1. The van der Waals surface area contributed by atoms with E-state index in [1.54, 1.807) is 13.8 Å². The van der Waals surface area contributed by atoms with Gasteiger partial charge in [-0.15, -0.1) is 0 Å². The molecule has 0 amide bonds. The molecular formula is C15H23N3O5S. The number of benzene rings is 1. The van der Waals surface area contributed by atoms with Gasteiger partial charge < -0.3 is 9.64 Å². The normalized spacial score (nSPS) is 22.0. The number of ether oxygens (including phenoxy) is 1. The van der Waals surface area contributed by atoms with Crippen LogP contribution in [0.3, 0.4) is 0 Å². The van der Waals surface area contributed by atoms with Crippen molar-refractivity contribution in [3.63, 3.8) is 0 Å². The first kappa shape index (κ1) is 18.6. The second-order valence-electron chi connectivity index (χ2n) is 6.35. The highest BCUT2D eigenvalue weighted by molar-refractivity contribution is 7.89. The third kappa shape index (κ3) is 4.22. The molecule has 0 unspecified atom stereocenters. The molecule has 2 rings (SSSR count). The average Bonchev–Trinajstić information content (AvgIpc) is 2.44. The van der Waals surface area contributed by atoms with Gasteiger partial charge in [0.2, 0.25) is 10.0 Å². The lowest BCUT2D eigenvalue weighted by Crippen LogP contribution is -2.45. The maximum absolute atomic E-state index is 12.2. The molecule has 8 nitrogen and oxygen atoms in total. The molecule has 134 valence electrons. The average molecular weight is 357 g/mol. The SMILES string of the molecule is CC(C)NS(=O)(=O)c1ccc(N2C[C@@H](C)O[C@@H](C)C2)c([N+](=O)[O-])c1. The quantitative estimate of drug-likeness (QED) is 0.638. The largest absolute Gasteiger partial charge is 0.372 e. The molecule has 1 aliphatic rings. The van der Waals surface area contributed by atoms with Gasteiger partial charge in [0.25, 0.3) is 5.69 Å². The second kappa shape index (κ2) is 7.04. The topological polar surface area (TPSA) is 102 Å². The Morgan fingerprint density at radius 2 is 1.88 bits per heavy atom. The Hall–Kier alpha value is -1.71. The minimum absolute atomic E-state index is 0.0561. The van der Waals surface area contributed by atoms with Gasteiger partial charge in [0.1, 0.15) is 5.69 Å². The van der Waals surface area contributed by atoms with Gasteiger partial charge in [0.15, 0.2) is 0 Å². The standard InChI is InChI=1S/C15H23N3O5S/c1-10(2)16-24(21,22)13-5-6-14(15(7-13)18(19)20)17-8-11(3)23-12(4)9-17/h5-7,10-12,16H,8-9H2,1-4H3/t11-,12+. The van der Waals surface area contributed by atoms with E-state index in [-0.39, 0.29) is 28.8 Å². The van der Waals surface area contributed by atoms with Crippen LogP contribution in [0.15, 0.2) is 23.1 Å². The fraction of sp³-hybridized carbons (Fsp3) is 0.600. The first-order valence-corrected chi connectivity index (χ1v) is 9.29. The molecule has 0 spiro atoms. The monoisotopic (exact) mass is 357 g/mol. The first-order chi connectivity index (χ1) is 11.1. The molecule has 9 heteroatoms. The minimum Gasteiger partial charge on any atom is -0.372 e. The Kier molecular flexibility index (Phi) is 5.46. The lowest BCUT2D eigenvalue weighted by atomic mass is 10.2. The second-order valence-corrected chi connectivity index (χ2v) is 8.06. The van der Waals surface area contributed by atoms with Crippen molar-refractivity contribution < 1.29 is 18.1 Å². The summed E-state index contributed by atoms with van der Waals surface area (Å²) in [4.78, 5) is 12.7. The molecule has 1 N–H and O–H groups in total. The highest BCUT2D eigenvalue weighted by Gasteiger charge is 2.29. The van der Waals surface area contributed by atoms with Gasteiger partial charge in [-0.05, 0) is 39.8 Å². The summed E-state index contributed by atoms with van der Waals surface area (Å²) in [5.74, 6) is 0. The van der Waals surface area contributed by atoms with E-state index in [0.29, 0.717) is 18.8 Å². The first-order valence-electron chi connectivity index (χ1n) is 7.81. The maximum Gasteiger partial charge on any atom is 0.293 e. The van der Waals surface area contributed by atoms with Crippen molar-refractivity contribution in [2.45, 2.75) is 50.8 Å². The van der Waals surface area contributed by atoms with E-state index >= 15 is 0 Å². The third-order valence-electron chi connectivity index (χ3n) is 3.61. The van der Waals surface area contributed by atoms with Crippen LogP contribution in [0.5, 0.6) is 0 Å². The lowest BCUT2D eigenvalue weighted by molar-refractivity contribution is -0.384. The van der Waals surface area contributed by atoms with Gasteiger partial charge in [-0.3, -0.25) is 10.1 Å². The molecule has 0 bridgehead atoms. The van der Waals surface area contributed by atoms with Crippen molar-refractivity contribution in [2.24, 2.45) is 0 Å². The molecule has 1 saturated heterocycles. The van der Waals surface area contributed by atoms with E-state index in [4.69, 9.17) is 4.74 Å². The fourth-order valence-corrected chi connectivity index (χ4v) is 4.11. The molecule has 1 aromatic carbocycles. The Balaban J connectivity index is 2.43. The number of nitro groups is 1. The maximum atomic E-state index is 12.2. The van der Waals surface area contributed by atoms with Crippen molar-refractivity contribution >= 4 is 21.4 Å². The number of hydrogen-bond acceptors (Lipinski definition) is 6. The summed E-state index contributed by atoms with van der Waals surface area (Å²) >= 11 is 0. The van der Waals surface area contributed by atoms with Crippen molar-refractivity contribution in [3.8, 4) is 0 Å². The Labute approximate surface area is 142 Å². The van der Waals surface area contributed by atoms with Crippen molar-refractivity contribution in [3.05, 3.63) is 28.3 Å². The summed E-state index contributed by atoms with van der Waals surface area (Å²) in [5.41, 5.74) is 0.188. The molecule has 24 heavy (non-hydrogen) atoms. The molecule has 1 aliphatic heterocycles. The Bertz CT molecular complexity index is 710. The molecule has 1 aromatic rings. The predicted octanol–water partition coefficient (Wildman–Crippen LogP) is 1.90. The summed E-state index contributed by atoms with van der Waals surface area (Å²) in [6, 6.07) is 3.72. The molecule has 0 aliphatic carbocycles. The number of nitrogens with zero attached hydrogens (tertiary/aromatic N) is 2. The smallest absolute Gasteiger partial charge is 0.293 e. The minimum atomic E-state index is -3.78. The number of anilines is 1. The summed E-state index contributed by atoms with van der Waals surface area (Å²) in [5, 5.41) is 11.5. The van der Waals surface area contributed by atoms with Crippen LogP contribution in [0.1, 0.15) is 27.7 Å². The van der Waals surface area contributed by atoms with Gasteiger partial charge >= 0.3 is 0 Å². The van der Waals surface area contributed by atoms with Crippen LogP contribution in [0.4, 0.5) is 11.4 Å². The molecule has 0 radical (unpaired) electrons. The fourth-order valence-electron chi connectivity index (χ4n) is 2.84. The summed E-state index contributed by atoms with van der Waals surface area (Å²) in [6.07, 6.45) is -0.112. The molecule has 2 atom stereocenters. The third-order valence-corrected chi connectivity index (χ3v) is 5.26. The van der Waals surface area contributed by atoms with Gasteiger partial charge in [0, 0.05) is 25.2 Å². The van der Waals surface area contributed by atoms with Crippen LogP contribution in [-0.2, 0) is 14.8 Å². The van der Waals surface area contributed by atoms with Crippen LogP contribution < -0.4 is 9.62 Å². The Morgan fingerprint density at radius 1 is 1.29 bits per heavy atom. The molecule has 0 saturated carbocycles. The van der Waals surface area contributed by atoms with Crippen LogP contribution in [0.25, 0.3) is 0 Å². The summed E-state index contributed by atoms with van der Waals surface area (Å²) < 4.78 is 32.6. The van der Waals surface area contributed by atoms with E-state index in [1.165, 1.54) is 12.1 Å². The molecule has 0 aromatic heterocycles.